The van der Waals surface area contributed by atoms with Crippen LogP contribution in [0, 0.1) is 0 Å². The summed E-state index contributed by atoms with van der Waals surface area (Å²) in [4.78, 5) is 1.29. The highest BCUT2D eigenvalue weighted by Gasteiger charge is 2.48. The zero-order chi connectivity index (χ0) is 27.3. The number of alkyl halides is 3. The van der Waals surface area contributed by atoms with Gasteiger partial charge in [-0.3, -0.25) is 4.90 Å². The molecule has 3 N–H and O–H groups in total. The molecule has 14 heteroatoms. The van der Waals surface area contributed by atoms with Crippen molar-refractivity contribution in [2.75, 3.05) is 37.4 Å². The minimum absolute atomic E-state index is 0.214. The number of hydrogen-bond donors (Lipinski definition) is 2. The third-order valence-corrected chi connectivity index (χ3v) is 9.63. The summed E-state index contributed by atoms with van der Waals surface area (Å²) in [6.45, 7) is 4.56. The van der Waals surface area contributed by atoms with E-state index in [1.54, 1.807) is 0 Å². The third kappa shape index (κ3) is 7.83. The topological polar surface area (TPSA) is 119 Å². The van der Waals surface area contributed by atoms with Gasteiger partial charge in [0.25, 0.3) is 9.84 Å². The average Bonchev–Trinajstić information content (AvgIpc) is 2.85. The van der Waals surface area contributed by atoms with Crippen LogP contribution in [0.3, 0.4) is 0 Å². The number of morpholine rings is 1. The summed E-state index contributed by atoms with van der Waals surface area (Å²) < 4.78 is 94.3. The molecule has 2 aromatic rings. The summed E-state index contributed by atoms with van der Waals surface area (Å²) in [5.41, 5.74) is -5.96. The monoisotopic (exact) mass is 581 g/mol. The minimum atomic E-state index is -5.87. The van der Waals surface area contributed by atoms with Gasteiger partial charge in [-0.05, 0) is 43.2 Å². The Bertz CT molecular complexity index is 1260. The van der Waals surface area contributed by atoms with Crippen LogP contribution in [0.4, 0.5) is 18.9 Å². The number of primary sulfonamides is 1. The number of anilines is 1. The lowest BCUT2D eigenvalue weighted by atomic mass is 10.1. The molecule has 37 heavy (non-hydrogen) atoms. The van der Waals surface area contributed by atoms with Crippen molar-refractivity contribution in [1.82, 2.24) is 4.90 Å². The normalized spacial score (nSPS) is 18.5. The molecule has 3 rings (SSSR count). The van der Waals surface area contributed by atoms with Crippen LogP contribution in [0.5, 0.6) is 0 Å². The van der Waals surface area contributed by atoms with Gasteiger partial charge in [-0.1, -0.05) is 25.1 Å². The van der Waals surface area contributed by atoms with Gasteiger partial charge in [-0.15, -0.1) is 11.8 Å². The number of halogens is 3. The molecule has 2 aromatic carbocycles. The molecule has 0 radical (unpaired) electrons. The summed E-state index contributed by atoms with van der Waals surface area (Å²) in [7, 11) is -10.3. The Balaban J connectivity index is 1.92. The van der Waals surface area contributed by atoms with E-state index in [0.29, 0.717) is 44.5 Å². The van der Waals surface area contributed by atoms with Gasteiger partial charge >= 0.3 is 5.51 Å². The molecule has 1 aliphatic rings. The Hall–Kier alpha value is -1.84. The molecule has 8 nitrogen and oxygen atoms in total. The summed E-state index contributed by atoms with van der Waals surface area (Å²) in [5.74, 6) is 0.424. The maximum absolute atomic E-state index is 13.5. The highest BCUT2D eigenvalue weighted by molar-refractivity contribution is 7.99. The van der Waals surface area contributed by atoms with Gasteiger partial charge in [0, 0.05) is 35.8 Å². The quantitative estimate of drug-likeness (QED) is 0.386. The Morgan fingerprint density at radius 1 is 1.16 bits per heavy atom. The number of sulfonamides is 1. The summed E-state index contributed by atoms with van der Waals surface area (Å²) >= 11 is 1.47. The van der Waals surface area contributed by atoms with Crippen LogP contribution in [0.1, 0.15) is 19.8 Å². The van der Waals surface area contributed by atoms with Gasteiger partial charge in [-0.2, -0.15) is 13.2 Å². The van der Waals surface area contributed by atoms with E-state index in [1.807, 2.05) is 30.3 Å². The maximum Gasteiger partial charge on any atom is 0.501 e. The van der Waals surface area contributed by atoms with Gasteiger partial charge in [0.15, 0.2) is 0 Å². The molecule has 0 bridgehead atoms. The first-order valence-electron chi connectivity index (χ1n) is 11.6. The van der Waals surface area contributed by atoms with Crippen LogP contribution in [0.25, 0.3) is 0 Å². The fourth-order valence-corrected chi connectivity index (χ4v) is 6.51. The Morgan fingerprint density at radius 3 is 2.49 bits per heavy atom. The summed E-state index contributed by atoms with van der Waals surface area (Å²) in [6, 6.07) is 11.6. The van der Waals surface area contributed by atoms with Crippen molar-refractivity contribution in [1.29, 1.82) is 0 Å². The van der Waals surface area contributed by atoms with Gasteiger partial charge < -0.3 is 10.1 Å². The van der Waals surface area contributed by atoms with Gasteiger partial charge in [-0.25, -0.2) is 22.0 Å². The minimum Gasteiger partial charge on any atom is -0.380 e. The van der Waals surface area contributed by atoms with E-state index in [1.165, 1.54) is 11.8 Å². The van der Waals surface area contributed by atoms with Crippen molar-refractivity contribution in [3.63, 3.8) is 0 Å². The standard InChI is InChI=1S/C23H30F3N3O5S3/c1-2-18-15-34-13-12-29(18)11-10-17(16-35-19-6-4-3-5-7-19)28-21-9-8-20(37(27,32)33)14-22(21)36(30,31)23(24,25)26/h3-9,14,17-18,28H,2,10-13,15-16H2,1H3,(H2,27,32,33)/t17-,18-/m1/s1. The second kappa shape index (κ2) is 12.3. The lowest BCUT2D eigenvalue weighted by Gasteiger charge is -2.36. The highest BCUT2D eigenvalue weighted by atomic mass is 32.2. The highest BCUT2D eigenvalue weighted by Crippen LogP contribution is 2.36. The van der Waals surface area contributed by atoms with Crippen molar-refractivity contribution < 1.29 is 34.7 Å². The molecule has 1 saturated heterocycles. The van der Waals surface area contributed by atoms with Crippen molar-refractivity contribution in [3.8, 4) is 0 Å². The predicted octanol–water partition coefficient (Wildman–Crippen LogP) is 3.70. The number of hydrogen-bond acceptors (Lipinski definition) is 8. The van der Waals surface area contributed by atoms with Crippen LogP contribution in [-0.4, -0.2) is 71.4 Å². The van der Waals surface area contributed by atoms with E-state index in [4.69, 9.17) is 9.88 Å². The van der Waals surface area contributed by atoms with Crippen molar-refractivity contribution in [2.24, 2.45) is 5.14 Å². The van der Waals surface area contributed by atoms with Crippen LogP contribution in [0.2, 0.25) is 0 Å². The van der Waals surface area contributed by atoms with E-state index < -0.39 is 41.2 Å². The van der Waals surface area contributed by atoms with E-state index in [-0.39, 0.29) is 11.7 Å². The molecule has 1 fully saturated rings. The molecule has 206 valence electrons. The van der Waals surface area contributed by atoms with Crippen molar-refractivity contribution in [2.45, 2.75) is 52.0 Å². The molecule has 1 heterocycles. The molecule has 2 atom stereocenters. The Kier molecular flexibility index (Phi) is 9.91. The van der Waals surface area contributed by atoms with Crippen molar-refractivity contribution >= 4 is 37.3 Å². The fraction of sp³-hybridized carbons (Fsp3) is 0.478. The SMILES string of the molecule is CC[C@@H]1COCCN1CC[C@H](CSc1ccccc1)Nc1ccc(S(N)(=O)=O)cc1S(=O)(=O)C(F)(F)F. The molecule has 0 aliphatic carbocycles. The number of nitrogens with zero attached hydrogens (tertiary/aromatic N) is 1. The summed E-state index contributed by atoms with van der Waals surface area (Å²) in [5, 5.41) is 8.01. The predicted molar refractivity (Wildman–Crippen MR) is 137 cm³/mol. The zero-order valence-corrected chi connectivity index (χ0v) is 22.6. The van der Waals surface area contributed by atoms with Gasteiger partial charge in [0.05, 0.1) is 23.8 Å². The first-order valence-corrected chi connectivity index (χ1v) is 15.6. The fourth-order valence-electron chi connectivity index (χ4n) is 3.96. The number of nitrogens with one attached hydrogen (secondary N) is 1. The van der Waals surface area contributed by atoms with Crippen LogP contribution < -0.4 is 10.5 Å². The van der Waals surface area contributed by atoms with E-state index >= 15 is 0 Å². The molecule has 0 spiro atoms. The van der Waals surface area contributed by atoms with E-state index in [0.717, 1.165) is 23.4 Å². The molecule has 0 aromatic heterocycles. The lowest BCUT2D eigenvalue weighted by molar-refractivity contribution is -0.0435. The molecule has 0 amide bonds. The first kappa shape index (κ1) is 29.7. The Labute approximate surface area is 219 Å². The van der Waals surface area contributed by atoms with E-state index in [9.17, 15) is 30.0 Å². The maximum atomic E-state index is 13.5. The molecular formula is C23H30F3N3O5S3. The zero-order valence-electron chi connectivity index (χ0n) is 20.1. The Morgan fingerprint density at radius 2 is 1.86 bits per heavy atom. The summed E-state index contributed by atoms with van der Waals surface area (Å²) in [6.07, 6.45) is 1.37. The number of thioether (sulfide) groups is 1. The van der Waals surface area contributed by atoms with Crippen molar-refractivity contribution in [3.05, 3.63) is 48.5 Å². The number of rotatable bonds is 11. The molecule has 0 saturated carbocycles. The van der Waals surface area contributed by atoms with Crippen LogP contribution >= 0.6 is 11.8 Å². The number of ether oxygens (including phenoxy) is 1. The number of benzene rings is 2. The van der Waals surface area contributed by atoms with Gasteiger partial charge in [0.2, 0.25) is 10.0 Å². The van der Waals surface area contributed by atoms with Crippen LogP contribution in [-0.2, 0) is 24.6 Å². The molecule has 0 unspecified atom stereocenters. The molecule has 1 aliphatic heterocycles. The number of nitrogens with two attached hydrogens (primary N) is 1. The lowest BCUT2D eigenvalue weighted by Crippen LogP contribution is -2.46. The third-order valence-electron chi connectivity index (χ3n) is 6.02. The second-order valence-electron chi connectivity index (χ2n) is 8.58. The largest absolute Gasteiger partial charge is 0.501 e. The van der Waals surface area contributed by atoms with E-state index in [2.05, 4.69) is 17.1 Å². The average molecular weight is 582 g/mol. The second-order valence-corrected chi connectivity index (χ2v) is 13.1. The number of sulfone groups is 1. The van der Waals surface area contributed by atoms with Crippen LogP contribution in [0.15, 0.2) is 63.2 Å². The smallest absolute Gasteiger partial charge is 0.380 e. The molecular weight excluding hydrogens is 551 g/mol. The first-order chi connectivity index (χ1) is 17.3. The van der Waals surface area contributed by atoms with Gasteiger partial charge in [0.1, 0.15) is 4.90 Å².